The number of carbonyl (C=O) groups excluding carboxylic acids is 1. The molecule has 64 valence electrons. The Balaban J connectivity index is 2.57. The number of ether oxygens (including phenoxy) is 1. The lowest BCUT2D eigenvalue weighted by Crippen LogP contribution is -2.19. The highest BCUT2D eigenvalue weighted by atomic mass is 79.9. The predicted molar refractivity (Wildman–Crippen MR) is 48.8 cm³/mol. The average Bonchev–Trinajstić information content (AvgIpc) is 2.01. The minimum atomic E-state index is -0.477. The van der Waals surface area contributed by atoms with Crippen molar-refractivity contribution in [3.8, 4) is 5.75 Å². The van der Waals surface area contributed by atoms with Gasteiger partial charge in [-0.2, -0.15) is 0 Å². The summed E-state index contributed by atoms with van der Waals surface area (Å²) in [5.41, 5.74) is 4.90. The van der Waals surface area contributed by atoms with Crippen LogP contribution in [0, 0.1) is 0 Å². The third-order valence-electron chi connectivity index (χ3n) is 1.18. The van der Waals surface area contributed by atoms with Crippen molar-refractivity contribution in [2.75, 3.05) is 6.61 Å². The smallest absolute Gasteiger partial charge is 0.255 e. The van der Waals surface area contributed by atoms with Crippen LogP contribution in [0.1, 0.15) is 0 Å². The minimum Gasteiger partial charge on any atom is -0.484 e. The molecule has 1 aromatic rings. The van der Waals surface area contributed by atoms with E-state index < -0.39 is 5.91 Å². The van der Waals surface area contributed by atoms with Crippen LogP contribution in [-0.2, 0) is 4.79 Å². The summed E-state index contributed by atoms with van der Waals surface area (Å²) in [7, 11) is 0. The Bertz CT molecular complexity index is 288. The minimum absolute atomic E-state index is 0.0869. The van der Waals surface area contributed by atoms with E-state index in [2.05, 4.69) is 15.9 Å². The molecule has 0 atom stereocenters. The van der Waals surface area contributed by atoms with Gasteiger partial charge in [0.15, 0.2) is 6.61 Å². The second-order valence-corrected chi connectivity index (χ2v) is 3.13. The highest BCUT2D eigenvalue weighted by Crippen LogP contribution is 2.17. The normalized spacial score (nSPS) is 9.42. The van der Waals surface area contributed by atoms with Crippen LogP contribution >= 0.6 is 15.9 Å². The van der Waals surface area contributed by atoms with Gasteiger partial charge in [0.1, 0.15) is 5.75 Å². The fraction of sp³-hybridized carbons (Fsp3) is 0.125. The van der Waals surface area contributed by atoms with Crippen LogP contribution in [0.15, 0.2) is 28.7 Å². The van der Waals surface area contributed by atoms with Crippen LogP contribution in [0.5, 0.6) is 5.75 Å². The molecular formula is C8H8BrNO2. The van der Waals surface area contributed by atoms with E-state index in [1.807, 2.05) is 12.1 Å². The molecule has 0 unspecified atom stereocenters. The van der Waals surface area contributed by atoms with E-state index in [1.165, 1.54) is 0 Å². The summed E-state index contributed by atoms with van der Waals surface area (Å²) in [6.45, 7) is -0.0869. The molecule has 0 spiro atoms. The first-order valence-corrected chi connectivity index (χ1v) is 4.14. The van der Waals surface area contributed by atoms with Crippen LogP contribution < -0.4 is 10.5 Å². The van der Waals surface area contributed by atoms with Gasteiger partial charge < -0.3 is 10.5 Å². The Labute approximate surface area is 78.6 Å². The van der Waals surface area contributed by atoms with Crippen molar-refractivity contribution in [2.24, 2.45) is 5.73 Å². The zero-order chi connectivity index (χ0) is 8.97. The Kier molecular flexibility index (Phi) is 3.10. The van der Waals surface area contributed by atoms with Crippen molar-refractivity contribution in [3.63, 3.8) is 0 Å². The number of hydrogen-bond acceptors (Lipinski definition) is 2. The van der Waals surface area contributed by atoms with E-state index in [1.54, 1.807) is 12.1 Å². The fourth-order valence-electron chi connectivity index (χ4n) is 0.711. The predicted octanol–water partition coefficient (Wildman–Crippen LogP) is 1.31. The first-order valence-electron chi connectivity index (χ1n) is 3.35. The first-order chi connectivity index (χ1) is 5.68. The first kappa shape index (κ1) is 9.06. The molecular weight excluding hydrogens is 222 g/mol. The number of rotatable bonds is 3. The summed E-state index contributed by atoms with van der Waals surface area (Å²) in [5.74, 6) is 0.151. The third-order valence-corrected chi connectivity index (χ3v) is 1.67. The van der Waals surface area contributed by atoms with Crippen molar-refractivity contribution in [3.05, 3.63) is 28.7 Å². The van der Waals surface area contributed by atoms with Gasteiger partial charge in [0, 0.05) is 4.47 Å². The van der Waals surface area contributed by atoms with Crippen molar-refractivity contribution in [1.29, 1.82) is 0 Å². The molecule has 12 heavy (non-hydrogen) atoms. The second kappa shape index (κ2) is 4.11. The summed E-state index contributed by atoms with van der Waals surface area (Å²) < 4.78 is 5.95. The molecule has 0 aliphatic heterocycles. The zero-order valence-electron chi connectivity index (χ0n) is 6.29. The Morgan fingerprint density at radius 1 is 1.58 bits per heavy atom. The number of halogens is 1. The Morgan fingerprint density at radius 3 is 2.92 bits per heavy atom. The standard InChI is InChI=1S/C8H8BrNO2/c9-6-2-1-3-7(4-6)12-5-8(10)11/h1-4H,5H2,(H2,10,11). The van der Waals surface area contributed by atoms with Crippen LogP contribution in [0.4, 0.5) is 0 Å². The van der Waals surface area contributed by atoms with Gasteiger partial charge in [0.2, 0.25) is 0 Å². The topological polar surface area (TPSA) is 52.3 Å². The molecule has 0 aromatic heterocycles. The molecule has 1 aromatic carbocycles. The lowest BCUT2D eigenvalue weighted by molar-refractivity contribution is -0.119. The summed E-state index contributed by atoms with van der Waals surface area (Å²) in [6.07, 6.45) is 0. The second-order valence-electron chi connectivity index (χ2n) is 2.21. The van der Waals surface area contributed by atoms with Crippen molar-refractivity contribution in [1.82, 2.24) is 0 Å². The van der Waals surface area contributed by atoms with E-state index in [0.717, 1.165) is 4.47 Å². The van der Waals surface area contributed by atoms with E-state index in [4.69, 9.17) is 10.5 Å². The maximum absolute atomic E-state index is 10.3. The molecule has 3 nitrogen and oxygen atoms in total. The molecule has 1 rings (SSSR count). The van der Waals surface area contributed by atoms with Crippen molar-refractivity contribution in [2.45, 2.75) is 0 Å². The summed E-state index contributed by atoms with van der Waals surface area (Å²) in [4.78, 5) is 10.3. The number of nitrogens with two attached hydrogens (primary N) is 1. The average molecular weight is 230 g/mol. The quantitative estimate of drug-likeness (QED) is 0.851. The maximum atomic E-state index is 10.3. The largest absolute Gasteiger partial charge is 0.484 e. The van der Waals surface area contributed by atoms with Gasteiger partial charge in [0.25, 0.3) is 5.91 Å². The summed E-state index contributed by atoms with van der Waals surface area (Å²) in [5, 5.41) is 0. The monoisotopic (exact) mass is 229 g/mol. The molecule has 0 aliphatic carbocycles. The lowest BCUT2D eigenvalue weighted by atomic mass is 10.3. The van der Waals surface area contributed by atoms with Gasteiger partial charge in [-0.25, -0.2) is 0 Å². The number of hydrogen-bond donors (Lipinski definition) is 1. The van der Waals surface area contributed by atoms with E-state index in [0.29, 0.717) is 5.75 Å². The highest BCUT2D eigenvalue weighted by molar-refractivity contribution is 9.10. The van der Waals surface area contributed by atoms with Crippen LogP contribution in [0.2, 0.25) is 0 Å². The Hall–Kier alpha value is -1.03. The Morgan fingerprint density at radius 2 is 2.33 bits per heavy atom. The molecule has 1 amide bonds. The third kappa shape index (κ3) is 2.92. The van der Waals surface area contributed by atoms with Crippen LogP contribution in [0.3, 0.4) is 0 Å². The molecule has 0 heterocycles. The van der Waals surface area contributed by atoms with Gasteiger partial charge >= 0.3 is 0 Å². The molecule has 0 saturated heterocycles. The van der Waals surface area contributed by atoms with Gasteiger partial charge in [-0.15, -0.1) is 0 Å². The SMILES string of the molecule is NC(=O)COc1cccc(Br)c1. The summed E-state index contributed by atoms with van der Waals surface area (Å²) in [6, 6.07) is 7.22. The number of amides is 1. The fourth-order valence-corrected chi connectivity index (χ4v) is 1.09. The lowest BCUT2D eigenvalue weighted by Gasteiger charge is -2.02. The zero-order valence-corrected chi connectivity index (χ0v) is 7.87. The number of carbonyl (C=O) groups is 1. The van der Waals surface area contributed by atoms with Crippen molar-refractivity contribution < 1.29 is 9.53 Å². The molecule has 0 aliphatic rings. The van der Waals surface area contributed by atoms with E-state index >= 15 is 0 Å². The maximum Gasteiger partial charge on any atom is 0.255 e. The van der Waals surface area contributed by atoms with Crippen LogP contribution in [0.25, 0.3) is 0 Å². The molecule has 2 N–H and O–H groups in total. The van der Waals surface area contributed by atoms with E-state index in [-0.39, 0.29) is 6.61 Å². The molecule has 0 radical (unpaired) electrons. The van der Waals surface area contributed by atoms with Crippen LogP contribution in [-0.4, -0.2) is 12.5 Å². The number of benzene rings is 1. The van der Waals surface area contributed by atoms with Gasteiger partial charge in [-0.3, -0.25) is 4.79 Å². The molecule has 0 fully saturated rings. The summed E-state index contributed by atoms with van der Waals surface area (Å²) >= 11 is 3.27. The van der Waals surface area contributed by atoms with Gasteiger partial charge in [-0.05, 0) is 18.2 Å². The number of primary amides is 1. The van der Waals surface area contributed by atoms with Gasteiger partial charge in [-0.1, -0.05) is 22.0 Å². The molecule has 0 saturated carbocycles. The molecule has 4 heteroatoms. The molecule has 0 bridgehead atoms. The van der Waals surface area contributed by atoms with Crippen molar-refractivity contribution >= 4 is 21.8 Å². The highest BCUT2D eigenvalue weighted by Gasteiger charge is 1.96. The van der Waals surface area contributed by atoms with Gasteiger partial charge in [0.05, 0.1) is 0 Å². The van der Waals surface area contributed by atoms with E-state index in [9.17, 15) is 4.79 Å².